The lowest BCUT2D eigenvalue weighted by Gasteiger charge is -2.29. The highest BCUT2D eigenvalue weighted by molar-refractivity contribution is 4.93. The van der Waals surface area contributed by atoms with Gasteiger partial charge in [0.2, 0.25) is 0 Å². The molecule has 1 aliphatic heterocycles. The van der Waals surface area contributed by atoms with Gasteiger partial charge in [-0.2, -0.15) is 0 Å². The van der Waals surface area contributed by atoms with Gasteiger partial charge in [-0.3, -0.25) is 4.90 Å². The lowest BCUT2D eigenvalue weighted by atomic mass is 9.88. The number of fused-ring (bicyclic) bond motifs is 2. The number of nitrogens with zero attached hydrogens (tertiary/aromatic N) is 1. The Morgan fingerprint density at radius 2 is 2.00 bits per heavy atom. The van der Waals surface area contributed by atoms with Gasteiger partial charge in [0.25, 0.3) is 0 Å². The fraction of sp³-hybridized carbons (Fsp3) is 1.00. The minimum atomic E-state index is -0.0162. The number of aliphatic hydroxyl groups is 1. The average Bonchev–Trinajstić information content (AvgIpc) is 2.26. The maximum atomic E-state index is 9.56. The highest BCUT2D eigenvalue weighted by Gasteiger charge is 2.39. The van der Waals surface area contributed by atoms with E-state index in [-0.39, 0.29) is 6.10 Å². The minimum Gasteiger partial charge on any atom is -0.393 e. The van der Waals surface area contributed by atoms with E-state index in [1.165, 1.54) is 13.0 Å². The van der Waals surface area contributed by atoms with E-state index >= 15 is 0 Å². The molecule has 0 radical (unpaired) electrons. The van der Waals surface area contributed by atoms with Crippen LogP contribution in [0.2, 0.25) is 0 Å². The maximum Gasteiger partial charge on any atom is 0.0558 e. The number of aliphatic hydroxyl groups excluding tert-OH is 1. The van der Waals surface area contributed by atoms with Crippen LogP contribution in [0.1, 0.15) is 33.1 Å². The molecular weight excluding hydrogens is 150 g/mol. The second-order valence-electron chi connectivity index (χ2n) is 4.67. The molecule has 0 aromatic heterocycles. The molecule has 2 aliphatic rings. The molecule has 2 nitrogen and oxygen atoms in total. The quantitative estimate of drug-likeness (QED) is 0.638. The van der Waals surface area contributed by atoms with Crippen LogP contribution < -0.4 is 0 Å². The molecule has 0 aromatic rings. The van der Waals surface area contributed by atoms with Gasteiger partial charge in [-0.25, -0.2) is 0 Å². The summed E-state index contributed by atoms with van der Waals surface area (Å²) >= 11 is 0. The molecule has 0 spiro atoms. The van der Waals surface area contributed by atoms with Crippen LogP contribution in [0.5, 0.6) is 0 Å². The van der Waals surface area contributed by atoms with Gasteiger partial charge in [-0.1, -0.05) is 0 Å². The molecule has 2 fully saturated rings. The third-order valence-electron chi connectivity index (χ3n) is 3.36. The standard InChI is InChI=1S/C10H19NO/c1-7(2)11-6-8-3-9(11)5-10(12)4-8/h7-10,12H,3-6H2,1-2H3/t8-,9+,10?/m1/s1. The van der Waals surface area contributed by atoms with Crippen molar-refractivity contribution in [2.75, 3.05) is 6.54 Å². The zero-order valence-electron chi connectivity index (χ0n) is 8.03. The van der Waals surface area contributed by atoms with Crippen molar-refractivity contribution in [3.8, 4) is 0 Å². The minimum absolute atomic E-state index is 0.0162. The van der Waals surface area contributed by atoms with Crippen LogP contribution in [0.4, 0.5) is 0 Å². The van der Waals surface area contributed by atoms with Crippen molar-refractivity contribution in [2.45, 2.75) is 51.3 Å². The summed E-state index contributed by atoms with van der Waals surface area (Å²) in [4.78, 5) is 2.56. The van der Waals surface area contributed by atoms with Gasteiger partial charge in [0.15, 0.2) is 0 Å². The van der Waals surface area contributed by atoms with Crippen molar-refractivity contribution in [2.24, 2.45) is 5.92 Å². The van der Waals surface area contributed by atoms with Crippen LogP contribution >= 0.6 is 0 Å². The SMILES string of the molecule is CC(C)N1C[C@H]2CC(O)C[C@@H]1C2. The average molecular weight is 169 g/mol. The topological polar surface area (TPSA) is 23.5 Å². The third kappa shape index (κ3) is 1.38. The van der Waals surface area contributed by atoms with E-state index < -0.39 is 0 Å². The first kappa shape index (κ1) is 8.52. The Morgan fingerprint density at radius 1 is 1.25 bits per heavy atom. The summed E-state index contributed by atoms with van der Waals surface area (Å²) < 4.78 is 0. The predicted molar refractivity (Wildman–Crippen MR) is 49.0 cm³/mol. The van der Waals surface area contributed by atoms with Crippen LogP contribution in [0.3, 0.4) is 0 Å². The van der Waals surface area contributed by atoms with Gasteiger partial charge in [0.1, 0.15) is 0 Å². The molecule has 2 heteroatoms. The molecule has 2 rings (SSSR count). The Balaban J connectivity index is 2.04. The Bertz CT molecular complexity index is 169. The summed E-state index contributed by atoms with van der Waals surface area (Å²) in [6.45, 7) is 5.74. The van der Waals surface area contributed by atoms with Crippen molar-refractivity contribution in [1.82, 2.24) is 4.90 Å². The van der Waals surface area contributed by atoms with Gasteiger partial charge < -0.3 is 5.11 Å². The van der Waals surface area contributed by atoms with Crippen molar-refractivity contribution < 1.29 is 5.11 Å². The number of hydrogen-bond acceptors (Lipinski definition) is 2. The number of hydrogen-bond donors (Lipinski definition) is 1. The van der Waals surface area contributed by atoms with Gasteiger partial charge >= 0.3 is 0 Å². The number of rotatable bonds is 1. The van der Waals surface area contributed by atoms with Crippen LogP contribution in [-0.2, 0) is 0 Å². The van der Waals surface area contributed by atoms with Gasteiger partial charge in [-0.05, 0) is 39.0 Å². The smallest absolute Gasteiger partial charge is 0.0558 e. The molecule has 1 aliphatic carbocycles. The van der Waals surface area contributed by atoms with Crippen molar-refractivity contribution in [1.29, 1.82) is 0 Å². The second-order valence-corrected chi connectivity index (χ2v) is 4.67. The molecule has 70 valence electrons. The first-order chi connectivity index (χ1) is 5.66. The van der Waals surface area contributed by atoms with E-state index in [2.05, 4.69) is 18.7 Å². The van der Waals surface area contributed by atoms with E-state index in [0.717, 1.165) is 18.8 Å². The molecule has 0 aromatic carbocycles. The lowest BCUT2D eigenvalue weighted by molar-refractivity contribution is 0.0927. The molecule has 1 unspecified atom stereocenters. The molecule has 1 saturated heterocycles. The first-order valence-electron chi connectivity index (χ1n) is 5.10. The van der Waals surface area contributed by atoms with Crippen LogP contribution in [0, 0.1) is 5.92 Å². The predicted octanol–water partition coefficient (Wildman–Crippen LogP) is 1.24. The molecule has 1 N–H and O–H groups in total. The van der Waals surface area contributed by atoms with E-state index in [0.29, 0.717) is 12.1 Å². The summed E-state index contributed by atoms with van der Waals surface area (Å²) in [7, 11) is 0. The van der Waals surface area contributed by atoms with Gasteiger partial charge in [0, 0.05) is 18.6 Å². The molecule has 1 saturated carbocycles. The zero-order valence-corrected chi connectivity index (χ0v) is 8.03. The van der Waals surface area contributed by atoms with E-state index in [1.54, 1.807) is 0 Å². The summed E-state index contributed by atoms with van der Waals surface area (Å²) in [5, 5.41) is 9.56. The first-order valence-corrected chi connectivity index (χ1v) is 5.10. The summed E-state index contributed by atoms with van der Waals surface area (Å²) in [6.07, 6.45) is 3.36. The van der Waals surface area contributed by atoms with E-state index in [4.69, 9.17) is 0 Å². The molecule has 1 heterocycles. The van der Waals surface area contributed by atoms with Crippen LogP contribution in [0.15, 0.2) is 0 Å². The summed E-state index contributed by atoms with van der Waals surface area (Å²) in [5.74, 6) is 0.779. The molecule has 0 amide bonds. The molecule has 12 heavy (non-hydrogen) atoms. The van der Waals surface area contributed by atoms with E-state index in [1.807, 2.05) is 0 Å². The Kier molecular flexibility index (Phi) is 2.13. The van der Waals surface area contributed by atoms with Crippen LogP contribution in [-0.4, -0.2) is 34.7 Å². The Hall–Kier alpha value is -0.0800. The summed E-state index contributed by atoms with van der Waals surface area (Å²) in [5.41, 5.74) is 0. The summed E-state index contributed by atoms with van der Waals surface area (Å²) in [6, 6.07) is 1.34. The Morgan fingerprint density at radius 3 is 2.67 bits per heavy atom. The molecular formula is C10H19NO. The fourth-order valence-corrected chi connectivity index (χ4v) is 2.87. The monoisotopic (exact) mass is 169 g/mol. The lowest BCUT2D eigenvalue weighted by Crippen LogP contribution is -2.36. The maximum absolute atomic E-state index is 9.56. The normalized spacial score (nSPS) is 42.5. The van der Waals surface area contributed by atoms with Gasteiger partial charge in [0.05, 0.1) is 6.10 Å². The largest absolute Gasteiger partial charge is 0.393 e. The van der Waals surface area contributed by atoms with Gasteiger partial charge in [-0.15, -0.1) is 0 Å². The van der Waals surface area contributed by atoms with Crippen molar-refractivity contribution in [3.63, 3.8) is 0 Å². The highest BCUT2D eigenvalue weighted by atomic mass is 16.3. The fourth-order valence-electron chi connectivity index (χ4n) is 2.87. The molecule has 3 atom stereocenters. The van der Waals surface area contributed by atoms with E-state index in [9.17, 15) is 5.11 Å². The second kappa shape index (κ2) is 3.00. The van der Waals surface area contributed by atoms with Crippen LogP contribution in [0.25, 0.3) is 0 Å². The van der Waals surface area contributed by atoms with Crippen molar-refractivity contribution >= 4 is 0 Å². The van der Waals surface area contributed by atoms with Crippen molar-refractivity contribution in [3.05, 3.63) is 0 Å². The number of likely N-dealkylation sites (tertiary alicyclic amines) is 1. The third-order valence-corrected chi connectivity index (χ3v) is 3.36. The molecule has 2 bridgehead atoms. The zero-order chi connectivity index (χ0) is 8.72. The highest BCUT2D eigenvalue weighted by Crippen LogP contribution is 2.36. The Labute approximate surface area is 74.6 Å².